The number of rotatable bonds is 6. The van der Waals surface area contributed by atoms with Gasteiger partial charge >= 0.3 is 5.97 Å². The van der Waals surface area contributed by atoms with Crippen LogP contribution in [0.1, 0.15) is 29.6 Å². The van der Waals surface area contributed by atoms with Gasteiger partial charge in [0.2, 0.25) is 10.0 Å². The molecule has 1 atom stereocenters. The van der Waals surface area contributed by atoms with Crippen molar-refractivity contribution in [3.05, 3.63) is 42.0 Å². The lowest BCUT2D eigenvalue weighted by molar-refractivity contribution is -0.148. The van der Waals surface area contributed by atoms with E-state index in [2.05, 4.69) is 14.1 Å². The van der Waals surface area contributed by atoms with E-state index in [-0.39, 0.29) is 41.5 Å². The number of benzene rings is 2. The van der Waals surface area contributed by atoms with Gasteiger partial charge in [-0.2, -0.15) is 13.1 Å². The molecule has 35 heavy (non-hydrogen) atoms. The number of nitrogens with one attached hydrogen (secondary N) is 1. The Morgan fingerprint density at radius 2 is 2.06 bits per heavy atom. The lowest BCUT2D eigenvalue weighted by Gasteiger charge is -2.32. The summed E-state index contributed by atoms with van der Waals surface area (Å²) in [6.07, 6.45) is 1.52. The molecule has 2 aliphatic heterocycles. The molecule has 0 aliphatic carbocycles. The van der Waals surface area contributed by atoms with Crippen molar-refractivity contribution in [1.29, 1.82) is 0 Å². The highest BCUT2D eigenvalue weighted by Gasteiger charge is 2.40. The summed E-state index contributed by atoms with van der Waals surface area (Å²) in [7, 11) is -4.06. The molecule has 0 bridgehead atoms. The number of carbonyl (C=O) groups excluding carboxylic acids is 3. The number of fused-ring (bicyclic) bond motifs is 2. The standard InChI is InChI=1S/C22H20N4O7S2/c27-17(13-7-8-18-15(10-13)23-20(28)12-32-18)11-33-22(29)16-5-1-2-9-26(16)35(30,31)19-6-3-4-14-21(19)25-34-24-14/h3-4,6-8,10,16H,1-2,5,9,11-12H2,(H,23,28). The molecule has 1 fully saturated rings. The van der Waals surface area contributed by atoms with Crippen LogP contribution >= 0.6 is 11.7 Å². The maximum absolute atomic E-state index is 13.5. The Kier molecular flexibility index (Phi) is 6.21. The fourth-order valence-corrected chi connectivity index (χ4v) is 6.52. The summed E-state index contributed by atoms with van der Waals surface area (Å²) >= 11 is 0.912. The molecule has 1 unspecified atom stereocenters. The minimum absolute atomic E-state index is 0.0159. The molecule has 1 saturated heterocycles. The van der Waals surface area contributed by atoms with E-state index < -0.39 is 34.4 Å². The first-order valence-corrected chi connectivity index (χ1v) is 13.0. The van der Waals surface area contributed by atoms with E-state index in [1.807, 2.05) is 0 Å². The van der Waals surface area contributed by atoms with Crippen molar-refractivity contribution in [2.45, 2.75) is 30.2 Å². The fraction of sp³-hybridized carbons (Fsp3) is 0.318. The summed E-state index contributed by atoms with van der Waals surface area (Å²) in [5, 5.41) is 2.61. The van der Waals surface area contributed by atoms with Gasteiger partial charge in [0.25, 0.3) is 5.91 Å². The van der Waals surface area contributed by atoms with Gasteiger partial charge in [-0.05, 0) is 49.6 Å². The van der Waals surface area contributed by atoms with Crippen molar-refractivity contribution in [3.63, 3.8) is 0 Å². The number of hydrogen-bond acceptors (Lipinski definition) is 10. The van der Waals surface area contributed by atoms with Crippen LogP contribution in [-0.2, 0) is 24.3 Å². The highest BCUT2D eigenvalue weighted by molar-refractivity contribution is 7.89. The summed E-state index contributed by atoms with van der Waals surface area (Å²) in [6, 6.07) is 8.14. The second kappa shape index (κ2) is 9.32. The van der Waals surface area contributed by atoms with Crippen LogP contribution in [0, 0.1) is 0 Å². The molecule has 0 spiro atoms. The van der Waals surface area contributed by atoms with Crippen LogP contribution in [0.25, 0.3) is 11.0 Å². The van der Waals surface area contributed by atoms with E-state index in [9.17, 15) is 22.8 Å². The molecule has 182 valence electrons. The SMILES string of the molecule is O=C1COc2ccc(C(=O)COC(=O)C3CCCCN3S(=O)(=O)c3cccc4nsnc34)cc2N1. The molecule has 3 aromatic rings. The van der Waals surface area contributed by atoms with E-state index in [1.165, 1.54) is 18.2 Å². The van der Waals surface area contributed by atoms with E-state index in [4.69, 9.17) is 9.47 Å². The highest BCUT2D eigenvalue weighted by Crippen LogP contribution is 2.31. The van der Waals surface area contributed by atoms with Crippen molar-refractivity contribution in [2.75, 3.05) is 25.1 Å². The number of anilines is 1. The maximum atomic E-state index is 13.5. The Morgan fingerprint density at radius 1 is 1.20 bits per heavy atom. The van der Waals surface area contributed by atoms with Crippen molar-refractivity contribution in [1.82, 2.24) is 13.1 Å². The molecule has 3 heterocycles. The van der Waals surface area contributed by atoms with Crippen molar-refractivity contribution in [2.24, 2.45) is 0 Å². The van der Waals surface area contributed by atoms with Crippen LogP contribution in [0.3, 0.4) is 0 Å². The Balaban J connectivity index is 1.31. The van der Waals surface area contributed by atoms with Crippen LogP contribution in [0.4, 0.5) is 5.69 Å². The van der Waals surface area contributed by atoms with Crippen LogP contribution in [0.15, 0.2) is 41.3 Å². The first kappa shape index (κ1) is 23.3. The fourth-order valence-electron chi connectivity index (χ4n) is 4.12. The quantitative estimate of drug-likeness (QED) is 0.384. The first-order chi connectivity index (χ1) is 16.8. The van der Waals surface area contributed by atoms with E-state index in [0.29, 0.717) is 29.8 Å². The number of ether oxygens (including phenoxy) is 2. The number of esters is 1. The normalized spacial score (nSPS) is 18.4. The molecular weight excluding hydrogens is 496 g/mol. The van der Waals surface area contributed by atoms with Crippen LogP contribution in [0.2, 0.25) is 0 Å². The van der Waals surface area contributed by atoms with E-state index in [1.54, 1.807) is 18.2 Å². The Bertz CT molecular complexity index is 1440. The average Bonchev–Trinajstić information content (AvgIpc) is 3.35. The molecule has 1 aromatic heterocycles. The molecule has 1 N–H and O–H groups in total. The number of sulfonamides is 1. The first-order valence-electron chi connectivity index (χ1n) is 10.8. The summed E-state index contributed by atoms with van der Waals surface area (Å²) in [4.78, 5) is 37.1. The van der Waals surface area contributed by atoms with Crippen molar-refractivity contribution < 1.29 is 32.3 Å². The minimum atomic E-state index is -4.06. The van der Waals surface area contributed by atoms with Gasteiger partial charge in [0, 0.05) is 12.1 Å². The maximum Gasteiger partial charge on any atom is 0.324 e. The zero-order chi connectivity index (χ0) is 24.6. The van der Waals surface area contributed by atoms with E-state index >= 15 is 0 Å². The lowest BCUT2D eigenvalue weighted by atomic mass is 10.1. The Morgan fingerprint density at radius 3 is 2.91 bits per heavy atom. The monoisotopic (exact) mass is 516 g/mol. The summed E-state index contributed by atoms with van der Waals surface area (Å²) < 4.78 is 46.8. The number of hydrogen-bond donors (Lipinski definition) is 1. The predicted octanol–water partition coefficient (Wildman–Crippen LogP) is 1.99. The third-order valence-corrected chi connectivity index (χ3v) is 8.32. The van der Waals surface area contributed by atoms with Crippen LogP contribution in [-0.4, -0.2) is 64.9 Å². The summed E-state index contributed by atoms with van der Waals surface area (Å²) in [6.45, 7) is -0.525. The van der Waals surface area contributed by atoms with Gasteiger partial charge in [-0.15, -0.1) is 0 Å². The topological polar surface area (TPSA) is 145 Å². The number of Topliss-reactive ketones (excluding diaryl/α,β-unsaturated/α-hetero) is 1. The zero-order valence-electron chi connectivity index (χ0n) is 18.3. The minimum Gasteiger partial charge on any atom is -0.482 e. The number of amides is 1. The predicted molar refractivity (Wildman–Crippen MR) is 125 cm³/mol. The number of piperidine rings is 1. The molecule has 13 heteroatoms. The highest BCUT2D eigenvalue weighted by atomic mass is 32.2. The van der Waals surface area contributed by atoms with Gasteiger partial charge < -0.3 is 14.8 Å². The van der Waals surface area contributed by atoms with Gasteiger partial charge in [0.1, 0.15) is 27.7 Å². The van der Waals surface area contributed by atoms with Gasteiger partial charge in [-0.3, -0.25) is 14.4 Å². The lowest BCUT2D eigenvalue weighted by Crippen LogP contribution is -2.48. The second-order valence-electron chi connectivity index (χ2n) is 8.09. The largest absolute Gasteiger partial charge is 0.482 e. The van der Waals surface area contributed by atoms with Crippen molar-refractivity contribution >= 4 is 56.1 Å². The number of aromatic nitrogens is 2. The summed E-state index contributed by atoms with van der Waals surface area (Å²) in [5.41, 5.74) is 1.30. The molecule has 0 saturated carbocycles. The van der Waals surface area contributed by atoms with Gasteiger partial charge in [-0.25, -0.2) is 8.42 Å². The summed E-state index contributed by atoms with van der Waals surface area (Å²) in [5.74, 6) is -1.19. The van der Waals surface area contributed by atoms with Gasteiger partial charge in [0.15, 0.2) is 19.0 Å². The van der Waals surface area contributed by atoms with Crippen LogP contribution < -0.4 is 10.1 Å². The third kappa shape index (κ3) is 4.49. The molecular formula is C22H20N4O7S2. The van der Waals surface area contributed by atoms with Gasteiger partial charge in [0.05, 0.1) is 17.4 Å². The number of carbonyl (C=O) groups is 3. The second-order valence-corrected chi connectivity index (χ2v) is 10.5. The average molecular weight is 517 g/mol. The van der Waals surface area contributed by atoms with E-state index in [0.717, 1.165) is 16.0 Å². The van der Waals surface area contributed by atoms with Crippen LogP contribution in [0.5, 0.6) is 5.75 Å². The molecule has 11 nitrogen and oxygen atoms in total. The molecule has 1 amide bonds. The number of nitrogens with zero attached hydrogens (tertiary/aromatic N) is 3. The van der Waals surface area contributed by atoms with Crippen molar-refractivity contribution in [3.8, 4) is 5.75 Å². The number of ketones is 1. The molecule has 0 radical (unpaired) electrons. The molecule has 2 aliphatic rings. The smallest absolute Gasteiger partial charge is 0.324 e. The Labute approximate surface area is 204 Å². The molecule has 2 aromatic carbocycles. The Hall–Kier alpha value is -3.42. The zero-order valence-corrected chi connectivity index (χ0v) is 19.9. The third-order valence-electron chi connectivity index (χ3n) is 5.84. The van der Waals surface area contributed by atoms with Gasteiger partial charge in [-0.1, -0.05) is 6.07 Å². The molecule has 5 rings (SSSR count).